The largest absolute Gasteiger partial charge is 0.435 e. The van der Waals surface area contributed by atoms with Gasteiger partial charge in [-0.15, -0.1) is 0 Å². The van der Waals surface area contributed by atoms with Gasteiger partial charge in [-0.3, -0.25) is 4.57 Å². The number of hydrogen-bond donors (Lipinski definition) is 0. The van der Waals surface area contributed by atoms with Crippen LogP contribution in [0.1, 0.15) is 19.0 Å². The fourth-order valence-corrected chi connectivity index (χ4v) is 3.32. The zero-order valence-corrected chi connectivity index (χ0v) is 15.6. The highest BCUT2D eigenvalue weighted by Crippen LogP contribution is 2.34. The number of alkyl halides is 2. The van der Waals surface area contributed by atoms with Crippen molar-refractivity contribution in [3.05, 3.63) is 65.9 Å². The summed E-state index contributed by atoms with van der Waals surface area (Å²) in [6.07, 6.45) is 1.59. The van der Waals surface area contributed by atoms with Crippen molar-refractivity contribution in [3.8, 4) is 5.75 Å². The van der Waals surface area contributed by atoms with Crippen LogP contribution in [-0.4, -0.2) is 22.4 Å². The summed E-state index contributed by atoms with van der Waals surface area (Å²) in [5, 5.41) is 0. The lowest BCUT2D eigenvalue weighted by molar-refractivity contribution is -0.0498. The predicted molar refractivity (Wildman–Crippen MR) is 101 cm³/mol. The predicted octanol–water partition coefficient (Wildman–Crippen LogP) is 5.34. The number of fused-ring (bicyclic) bond motifs is 1. The second-order valence-corrected chi connectivity index (χ2v) is 6.43. The van der Waals surface area contributed by atoms with Gasteiger partial charge in [0.2, 0.25) is 6.29 Å². The Balaban J connectivity index is 1.82. The summed E-state index contributed by atoms with van der Waals surface area (Å²) in [5.41, 5.74) is 0.526. The van der Waals surface area contributed by atoms with Crippen LogP contribution in [0.3, 0.4) is 0 Å². The van der Waals surface area contributed by atoms with E-state index in [1.165, 1.54) is 33.7 Å². The van der Waals surface area contributed by atoms with Gasteiger partial charge >= 0.3 is 6.61 Å². The number of ether oxygens (including phenoxy) is 1. The zero-order chi connectivity index (χ0) is 21.4. The molecule has 0 fully saturated rings. The Morgan fingerprint density at radius 2 is 1.83 bits per heavy atom. The molecule has 5 nitrogen and oxygen atoms in total. The van der Waals surface area contributed by atoms with E-state index in [2.05, 4.69) is 14.7 Å². The van der Waals surface area contributed by atoms with Crippen LogP contribution in [-0.2, 0) is 6.42 Å². The molecule has 4 rings (SSSR count). The van der Waals surface area contributed by atoms with E-state index in [1.807, 2.05) is 0 Å². The fourth-order valence-electron chi connectivity index (χ4n) is 3.32. The second kappa shape index (κ2) is 7.77. The maximum absolute atomic E-state index is 14.3. The second-order valence-electron chi connectivity index (χ2n) is 6.43. The summed E-state index contributed by atoms with van der Waals surface area (Å²) in [7, 11) is 0. The number of aryl methyl sites for hydroxylation is 1. The molecule has 0 N–H and O–H groups in total. The van der Waals surface area contributed by atoms with Gasteiger partial charge in [0.15, 0.2) is 11.6 Å². The Bertz CT molecular complexity index is 1140. The third-order valence-electron chi connectivity index (χ3n) is 4.54. The standard InChI is InChI=1S/C20H15F5N4O/c1-2-17-27-18-15(23)7-11(21)8-16(18)29(17)20-26-9-12(22)10-28(20)13-3-5-14(6-4-13)30-19(24)25/h3-10,19-20H,2H2,1H3. The molecule has 30 heavy (non-hydrogen) atoms. The van der Waals surface area contributed by atoms with E-state index in [4.69, 9.17) is 0 Å². The van der Waals surface area contributed by atoms with Crippen LogP contribution in [0.25, 0.3) is 11.0 Å². The SMILES string of the molecule is CCc1nc2c(F)cc(F)cc2n1C1N=CC(F)=CN1c1ccc(OC(F)F)cc1. The summed E-state index contributed by atoms with van der Waals surface area (Å²) in [4.78, 5) is 9.84. The molecule has 0 saturated heterocycles. The Kier molecular flexibility index (Phi) is 5.15. The van der Waals surface area contributed by atoms with Gasteiger partial charge in [-0.1, -0.05) is 6.92 Å². The topological polar surface area (TPSA) is 42.7 Å². The van der Waals surface area contributed by atoms with Gasteiger partial charge in [0.25, 0.3) is 0 Å². The Morgan fingerprint density at radius 3 is 2.50 bits per heavy atom. The molecule has 1 unspecified atom stereocenters. The Labute approximate surface area is 167 Å². The van der Waals surface area contributed by atoms with Gasteiger partial charge in [-0.2, -0.15) is 8.78 Å². The Hall–Kier alpha value is -3.43. The molecule has 156 valence electrons. The molecule has 0 bridgehead atoms. The number of benzene rings is 2. The number of nitrogens with zero attached hydrogens (tertiary/aromatic N) is 4. The maximum Gasteiger partial charge on any atom is 0.387 e. The van der Waals surface area contributed by atoms with E-state index in [0.717, 1.165) is 24.5 Å². The van der Waals surface area contributed by atoms with E-state index < -0.39 is 30.4 Å². The molecule has 3 aromatic rings. The van der Waals surface area contributed by atoms with Crippen molar-refractivity contribution < 1.29 is 26.7 Å². The molecule has 0 aliphatic carbocycles. The number of rotatable bonds is 5. The molecule has 0 radical (unpaired) electrons. The number of aliphatic imine (C=N–C) groups is 1. The fraction of sp³-hybridized carbons (Fsp3) is 0.200. The monoisotopic (exact) mass is 422 g/mol. The van der Waals surface area contributed by atoms with Crippen LogP contribution in [0.5, 0.6) is 5.75 Å². The van der Waals surface area contributed by atoms with Gasteiger partial charge in [0, 0.05) is 30.4 Å². The van der Waals surface area contributed by atoms with Crippen molar-refractivity contribution in [3.63, 3.8) is 0 Å². The molecule has 0 amide bonds. The summed E-state index contributed by atoms with van der Waals surface area (Å²) < 4.78 is 72.8. The molecule has 1 aliphatic rings. The minimum atomic E-state index is -2.98. The quantitative estimate of drug-likeness (QED) is 0.522. The average molecular weight is 422 g/mol. The number of anilines is 1. The molecule has 2 heterocycles. The van der Waals surface area contributed by atoms with Crippen molar-refractivity contribution >= 4 is 22.9 Å². The third kappa shape index (κ3) is 3.60. The van der Waals surface area contributed by atoms with Crippen molar-refractivity contribution in [1.29, 1.82) is 0 Å². The maximum atomic E-state index is 14.3. The number of halogens is 5. The molecule has 1 aromatic heterocycles. The molecular weight excluding hydrogens is 407 g/mol. The lowest BCUT2D eigenvalue weighted by atomic mass is 10.2. The van der Waals surface area contributed by atoms with Crippen molar-refractivity contribution in [1.82, 2.24) is 9.55 Å². The summed E-state index contributed by atoms with van der Waals surface area (Å²) >= 11 is 0. The Morgan fingerprint density at radius 1 is 1.10 bits per heavy atom. The summed E-state index contributed by atoms with van der Waals surface area (Å²) in [6.45, 7) is -1.19. The van der Waals surface area contributed by atoms with E-state index in [-0.39, 0.29) is 16.8 Å². The van der Waals surface area contributed by atoms with Crippen molar-refractivity contribution in [2.24, 2.45) is 4.99 Å². The molecule has 0 spiro atoms. The minimum Gasteiger partial charge on any atom is -0.435 e. The molecule has 10 heteroatoms. The van der Waals surface area contributed by atoms with Gasteiger partial charge in [-0.25, -0.2) is 23.1 Å². The van der Waals surface area contributed by atoms with Gasteiger partial charge in [-0.05, 0) is 24.3 Å². The number of allylic oxidation sites excluding steroid dienone is 1. The van der Waals surface area contributed by atoms with Crippen LogP contribution in [0.15, 0.2) is 53.4 Å². The first-order valence-electron chi connectivity index (χ1n) is 8.97. The van der Waals surface area contributed by atoms with Crippen LogP contribution in [0, 0.1) is 11.6 Å². The number of hydrogen-bond acceptors (Lipinski definition) is 4. The molecule has 1 atom stereocenters. The molecule has 1 aliphatic heterocycles. The third-order valence-corrected chi connectivity index (χ3v) is 4.54. The van der Waals surface area contributed by atoms with Crippen molar-refractivity contribution in [2.45, 2.75) is 26.2 Å². The van der Waals surface area contributed by atoms with Crippen molar-refractivity contribution in [2.75, 3.05) is 4.90 Å². The van der Waals surface area contributed by atoms with E-state index in [1.54, 1.807) is 6.92 Å². The highest BCUT2D eigenvalue weighted by atomic mass is 19.3. The lowest BCUT2D eigenvalue weighted by Crippen LogP contribution is -2.30. The van der Waals surface area contributed by atoms with Crippen LogP contribution in [0.2, 0.25) is 0 Å². The summed E-state index contributed by atoms with van der Waals surface area (Å²) in [6, 6.07) is 7.36. The van der Waals surface area contributed by atoms with E-state index in [0.29, 0.717) is 17.9 Å². The van der Waals surface area contributed by atoms with Crippen LogP contribution >= 0.6 is 0 Å². The smallest absolute Gasteiger partial charge is 0.387 e. The first kappa shape index (κ1) is 19.9. The van der Waals surface area contributed by atoms with E-state index >= 15 is 0 Å². The first-order valence-corrected chi connectivity index (χ1v) is 8.97. The van der Waals surface area contributed by atoms with E-state index in [9.17, 15) is 22.0 Å². The molecule has 0 saturated carbocycles. The molecule has 2 aromatic carbocycles. The van der Waals surface area contributed by atoms with Gasteiger partial charge in [0.05, 0.1) is 11.7 Å². The normalized spacial score (nSPS) is 16.4. The first-order chi connectivity index (χ1) is 14.4. The average Bonchev–Trinajstić information content (AvgIpc) is 3.07. The molecular formula is C20H15F5N4O. The zero-order valence-electron chi connectivity index (χ0n) is 15.6. The highest BCUT2D eigenvalue weighted by molar-refractivity contribution is 5.80. The van der Waals surface area contributed by atoms with Gasteiger partial charge < -0.3 is 9.64 Å². The van der Waals surface area contributed by atoms with Crippen LogP contribution < -0.4 is 9.64 Å². The lowest BCUT2D eigenvalue weighted by Gasteiger charge is -2.32. The number of aromatic nitrogens is 2. The highest BCUT2D eigenvalue weighted by Gasteiger charge is 2.27. The summed E-state index contributed by atoms with van der Waals surface area (Å²) in [5.74, 6) is -1.92. The van der Waals surface area contributed by atoms with Gasteiger partial charge in [0.1, 0.15) is 22.9 Å². The van der Waals surface area contributed by atoms with Crippen LogP contribution in [0.4, 0.5) is 27.6 Å². The number of imidazole rings is 1. The minimum absolute atomic E-state index is 0.0286.